The van der Waals surface area contributed by atoms with E-state index in [1.807, 2.05) is 4.98 Å². The second kappa shape index (κ2) is 6.51. The molecule has 2 rings (SSSR count). The molecule has 124 valence electrons. The number of benzene rings is 1. The first kappa shape index (κ1) is 16.5. The molecule has 0 bridgehead atoms. The van der Waals surface area contributed by atoms with Crippen molar-refractivity contribution in [2.75, 3.05) is 5.43 Å². The molecule has 1 aromatic carbocycles. The summed E-state index contributed by atoms with van der Waals surface area (Å²) in [5.41, 5.74) is 0.205. The normalized spacial score (nSPS) is 10.7. The Balaban J connectivity index is 2.33. The van der Waals surface area contributed by atoms with Gasteiger partial charge in [0.2, 0.25) is 0 Å². The number of aromatic nitrogens is 2. The van der Waals surface area contributed by atoms with Crippen molar-refractivity contribution in [2.45, 2.75) is 6.92 Å². The summed E-state index contributed by atoms with van der Waals surface area (Å²) < 4.78 is 0. The first-order valence-corrected chi connectivity index (χ1v) is 6.34. The fourth-order valence-corrected chi connectivity index (χ4v) is 1.81. The molecule has 1 aromatic heterocycles. The average Bonchev–Trinajstić information content (AvgIpc) is 2.49. The topological polar surface area (TPSA) is 176 Å². The quantitative estimate of drug-likeness (QED) is 0.408. The second-order valence-corrected chi connectivity index (χ2v) is 4.53. The number of nitrogens with one attached hydrogen (secondary N) is 3. The van der Waals surface area contributed by atoms with E-state index >= 15 is 0 Å². The number of anilines is 1. The van der Waals surface area contributed by atoms with Gasteiger partial charge in [0.1, 0.15) is 5.69 Å². The standard InChI is InChI=1S/C12H10N6O6/c1-6-8(11(19)15-12(20)14-6)5-13-16-9-3-2-7(17(21)22)4-10(9)18(23)24/h2-5,16H,1H3,(H2,14,15,19,20)/b13-5+. The minimum atomic E-state index is -0.803. The van der Waals surface area contributed by atoms with Gasteiger partial charge < -0.3 is 4.98 Å². The predicted molar refractivity (Wildman–Crippen MR) is 83.4 cm³/mol. The summed E-state index contributed by atoms with van der Waals surface area (Å²) in [7, 11) is 0. The molecule has 3 N–H and O–H groups in total. The van der Waals surface area contributed by atoms with E-state index in [0.717, 1.165) is 24.4 Å². The number of hydrogen-bond acceptors (Lipinski definition) is 8. The molecule has 0 aliphatic heterocycles. The van der Waals surface area contributed by atoms with Gasteiger partial charge in [0.05, 0.1) is 27.7 Å². The lowest BCUT2D eigenvalue weighted by Gasteiger charge is -2.02. The molecule has 12 heteroatoms. The minimum Gasteiger partial charge on any atom is -0.311 e. The number of nitro benzene ring substituents is 2. The molecule has 12 nitrogen and oxygen atoms in total. The molecule has 24 heavy (non-hydrogen) atoms. The van der Waals surface area contributed by atoms with Crippen LogP contribution in [0.4, 0.5) is 17.1 Å². The van der Waals surface area contributed by atoms with E-state index in [1.54, 1.807) is 0 Å². The fourth-order valence-electron chi connectivity index (χ4n) is 1.81. The van der Waals surface area contributed by atoms with Crippen molar-refractivity contribution in [1.29, 1.82) is 0 Å². The van der Waals surface area contributed by atoms with Crippen molar-refractivity contribution in [3.05, 3.63) is 70.5 Å². The molecule has 0 amide bonds. The summed E-state index contributed by atoms with van der Waals surface area (Å²) in [6, 6.07) is 2.98. The summed E-state index contributed by atoms with van der Waals surface area (Å²) in [5, 5.41) is 25.3. The molecular weight excluding hydrogens is 324 g/mol. The van der Waals surface area contributed by atoms with Crippen LogP contribution in [0.5, 0.6) is 0 Å². The third-order valence-corrected chi connectivity index (χ3v) is 2.94. The molecule has 0 fully saturated rings. The summed E-state index contributed by atoms with van der Waals surface area (Å²) in [6.07, 6.45) is 1.06. The smallest absolute Gasteiger partial charge is 0.311 e. The van der Waals surface area contributed by atoms with Gasteiger partial charge in [0.15, 0.2) is 0 Å². The highest BCUT2D eigenvalue weighted by Gasteiger charge is 2.19. The van der Waals surface area contributed by atoms with E-state index in [-0.39, 0.29) is 16.9 Å². The molecule has 0 saturated heterocycles. The van der Waals surface area contributed by atoms with Crippen molar-refractivity contribution in [2.24, 2.45) is 5.10 Å². The first-order valence-electron chi connectivity index (χ1n) is 6.34. The van der Waals surface area contributed by atoms with Gasteiger partial charge in [-0.25, -0.2) is 4.79 Å². The zero-order valence-electron chi connectivity index (χ0n) is 12.1. The Morgan fingerprint density at radius 2 is 1.88 bits per heavy atom. The number of non-ortho nitro benzene ring substituents is 1. The second-order valence-electron chi connectivity index (χ2n) is 4.53. The largest absolute Gasteiger partial charge is 0.325 e. The van der Waals surface area contributed by atoms with Crippen molar-refractivity contribution in [1.82, 2.24) is 9.97 Å². The van der Waals surface area contributed by atoms with Crippen LogP contribution in [-0.4, -0.2) is 26.0 Å². The Morgan fingerprint density at radius 1 is 1.17 bits per heavy atom. The van der Waals surface area contributed by atoms with E-state index in [1.165, 1.54) is 6.92 Å². The van der Waals surface area contributed by atoms with Gasteiger partial charge >= 0.3 is 11.4 Å². The molecule has 2 aromatic rings. The van der Waals surface area contributed by atoms with Gasteiger partial charge in [-0.3, -0.25) is 35.4 Å². The fraction of sp³-hybridized carbons (Fsp3) is 0.0833. The van der Waals surface area contributed by atoms with Crippen LogP contribution in [0.15, 0.2) is 32.9 Å². The van der Waals surface area contributed by atoms with Crippen LogP contribution in [0, 0.1) is 27.2 Å². The predicted octanol–water partition coefficient (Wildman–Crippen LogP) is 0.634. The molecule has 0 saturated carbocycles. The maximum absolute atomic E-state index is 11.6. The lowest BCUT2D eigenvalue weighted by molar-refractivity contribution is -0.393. The Bertz CT molecular complexity index is 959. The highest BCUT2D eigenvalue weighted by atomic mass is 16.6. The van der Waals surface area contributed by atoms with Gasteiger partial charge in [-0.15, -0.1) is 0 Å². The summed E-state index contributed by atoms with van der Waals surface area (Å²) in [5.74, 6) is 0. The third-order valence-electron chi connectivity index (χ3n) is 2.94. The summed E-state index contributed by atoms with van der Waals surface area (Å²) in [4.78, 5) is 47.1. The first-order chi connectivity index (χ1) is 11.3. The highest BCUT2D eigenvalue weighted by Crippen LogP contribution is 2.28. The van der Waals surface area contributed by atoms with Gasteiger partial charge in [-0.2, -0.15) is 5.10 Å². The Kier molecular flexibility index (Phi) is 4.49. The van der Waals surface area contributed by atoms with Crippen LogP contribution in [0.25, 0.3) is 0 Å². The van der Waals surface area contributed by atoms with E-state index in [4.69, 9.17) is 0 Å². The van der Waals surface area contributed by atoms with Crippen molar-refractivity contribution in [3.63, 3.8) is 0 Å². The van der Waals surface area contributed by atoms with E-state index in [2.05, 4.69) is 15.5 Å². The van der Waals surface area contributed by atoms with Crippen LogP contribution in [-0.2, 0) is 0 Å². The SMILES string of the molecule is Cc1[nH]c(=O)[nH]c(=O)c1/C=N/Nc1ccc([N+](=O)[O-])cc1[N+](=O)[O-]. The molecule has 0 radical (unpaired) electrons. The molecule has 0 aliphatic carbocycles. The average molecular weight is 334 g/mol. The number of hydrogen-bond donors (Lipinski definition) is 3. The zero-order valence-corrected chi connectivity index (χ0v) is 12.1. The van der Waals surface area contributed by atoms with Crippen LogP contribution in [0.1, 0.15) is 11.3 Å². The maximum atomic E-state index is 11.6. The Hall–Kier alpha value is -3.83. The van der Waals surface area contributed by atoms with Crippen LogP contribution in [0.3, 0.4) is 0 Å². The van der Waals surface area contributed by atoms with E-state index < -0.39 is 32.5 Å². The molecule has 0 atom stereocenters. The Labute approximate surface area is 132 Å². The molecule has 0 aliphatic rings. The zero-order chi connectivity index (χ0) is 17.9. The number of nitrogens with zero attached hydrogens (tertiary/aromatic N) is 3. The summed E-state index contributed by atoms with van der Waals surface area (Å²) in [6.45, 7) is 1.48. The maximum Gasteiger partial charge on any atom is 0.325 e. The van der Waals surface area contributed by atoms with Gasteiger partial charge in [-0.05, 0) is 13.0 Å². The lowest BCUT2D eigenvalue weighted by atomic mass is 10.2. The number of H-pyrrole nitrogens is 2. The number of aromatic amines is 2. The molecule has 1 heterocycles. The number of aryl methyl sites for hydroxylation is 1. The minimum absolute atomic E-state index is 0.0478. The van der Waals surface area contributed by atoms with Crippen molar-refractivity contribution in [3.8, 4) is 0 Å². The number of hydrazone groups is 1. The summed E-state index contributed by atoms with van der Waals surface area (Å²) >= 11 is 0. The van der Waals surface area contributed by atoms with E-state index in [9.17, 15) is 29.8 Å². The highest BCUT2D eigenvalue weighted by molar-refractivity contribution is 5.81. The van der Waals surface area contributed by atoms with Crippen LogP contribution < -0.4 is 16.7 Å². The van der Waals surface area contributed by atoms with Crippen LogP contribution >= 0.6 is 0 Å². The number of rotatable bonds is 5. The third kappa shape index (κ3) is 3.49. The van der Waals surface area contributed by atoms with E-state index in [0.29, 0.717) is 0 Å². The monoisotopic (exact) mass is 334 g/mol. The molecular formula is C12H10N6O6. The molecule has 0 unspecified atom stereocenters. The van der Waals surface area contributed by atoms with Crippen LogP contribution in [0.2, 0.25) is 0 Å². The van der Waals surface area contributed by atoms with Gasteiger partial charge in [-0.1, -0.05) is 0 Å². The Morgan fingerprint density at radius 3 is 2.46 bits per heavy atom. The van der Waals surface area contributed by atoms with Gasteiger partial charge in [0, 0.05) is 11.8 Å². The van der Waals surface area contributed by atoms with Crippen molar-refractivity contribution < 1.29 is 9.85 Å². The molecule has 0 spiro atoms. The van der Waals surface area contributed by atoms with Gasteiger partial charge in [0.25, 0.3) is 11.2 Å². The van der Waals surface area contributed by atoms with Crippen molar-refractivity contribution >= 4 is 23.3 Å². The number of nitro groups is 2. The lowest BCUT2D eigenvalue weighted by Crippen LogP contribution is -2.27.